The van der Waals surface area contributed by atoms with Crippen LogP contribution in [0.2, 0.25) is 0 Å². The van der Waals surface area contributed by atoms with Gasteiger partial charge in [-0.25, -0.2) is 4.68 Å². The van der Waals surface area contributed by atoms with E-state index in [0.717, 1.165) is 36.9 Å². The maximum absolute atomic E-state index is 12.4. The zero-order valence-corrected chi connectivity index (χ0v) is 15.5. The molecule has 3 aromatic heterocycles. The summed E-state index contributed by atoms with van der Waals surface area (Å²) in [5.41, 5.74) is 1.96. The van der Waals surface area contributed by atoms with Crippen molar-refractivity contribution in [3.8, 4) is 11.3 Å². The van der Waals surface area contributed by atoms with Gasteiger partial charge >= 0.3 is 0 Å². The van der Waals surface area contributed by atoms with Crippen LogP contribution < -0.4 is 10.9 Å². The smallest absolute Gasteiger partial charge is 0.267 e. The molecule has 0 unspecified atom stereocenters. The van der Waals surface area contributed by atoms with E-state index in [1.54, 1.807) is 36.1 Å². The number of carbonyl (C=O) groups excluding carboxylic acids is 1. The molecular formula is C20H21N5O3. The van der Waals surface area contributed by atoms with Crippen molar-refractivity contribution < 1.29 is 9.32 Å². The first-order valence-electron chi connectivity index (χ1n) is 9.34. The highest BCUT2D eigenvalue weighted by Crippen LogP contribution is 2.28. The zero-order chi connectivity index (χ0) is 19.5. The lowest BCUT2D eigenvalue weighted by Gasteiger charge is -2.29. The van der Waals surface area contributed by atoms with Crippen LogP contribution in [0.4, 0.5) is 0 Å². The van der Waals surface area contributed by atoms with Crippen molar-refractivity contribution in [3.63, 3.8) is 0 Å². The van der Waals surface area contributed by atoms with Gasteiger partial charge in [0.1, 0.15) is 11.3 Å². The first-order valence-corrected chi connectivity index (χ1v) is 9.34. The van der Waals surface area contributed by atoms with Gasteiger partial charge in [-0.15, -0.1) is 0 Å². The van der Waals surface area contributed by atoms with Gasteiger partial charge in [-0.3, -0.25) is 14.6 Å². The number of amides is 1. The summed E-state index contributed by atoms with van der Waals surface area (Å²) in [7, 11) is 0. The van der Waals surface area contributed by atoms with Crippen molar-refractivity contribution in [1.29, 1.82) is 0 Å². The zero-order valence-electron chi connectivity index (χ0n) is 15.5. The third kappa shape index (κ3) is 3.71. The van der Waals surface area contributed by atoms with Crippen molar-refractivity contribution in [2.45, 2.75) is 44.7 Å². The number of nitrogens with one attached hydrogen (secondary N) is 1. The molecular weight excluding hydrogens is 358 g/mol. The predicted octanol–water partition coefficient (Wildman–Crippen LogP) is 2.52. The van der Waals surface area contributed by atoms with E-state index >= 15 is 0 Å². The van der Waals surface area contributed by atoms with E-state index in [1.165, 1.54) is 6.20 Å². The fraction of sp³-hybridized carbons (Fsp3) is 0.350. The van der Waals surface area contributed by atoms with Crippen LogP contribution in [0.25, 0.3) is 11.3 Å². The third-order valence-corrected chi connectivity index (χ3v) is 5.16. The molecule has 1 amide bonds. The maximum Gasteiger partial charge on any atom is 0.267 e. The molecule has 8 nitrogen and oxygen atoms in total. The molecule has 0 radical (unpaired) electrons. The van der Waals surface area contributed by atoms with Crippen LogP contribution in [0.3, 0.4) is 0 Å². The standard InChI is InChI=1S/C20H21N5O3/c1-13-17(12-22-28-13)20(27)23-15-4-6-16(7-5-15)25-19(26)9-8-18(24-25)14-3-2-10-21-11-14/h2-3,8-12,15-16H,4-7H2,1H3,(H,23,27). The van der Waals surface area contributed by atoms with Gasteiger partial charge in [0.25, 0.3) is 11.5 Å². The average Bonchev–Trinajstić information content (AvgIpc) is 3.16. The van der Waals surface area contributed by atoms with Crippen molar-refractivity contribution in [1.82, 2.24) is 25.2 Å². The quantitative estimate of drug-likeness (QED) is 0.747. The highest BCUT2D eigenvalue weighted by Gasteiger charge is 2.26. The SMILES string of the molecule is Cc1oncc1C(=O)NC1CCC(n2nc(-c3cccnc3)ccc2=O)CC1. The fourth-order valence-corrected chi connectivity index (χ4v) is 3.60. The Labute approximate surface area is 161 Å². The van der Waals surface area contributed by atoms with Gasteiger partial charge in [0.15, 0.2) is 0 Å². The molecule has 8 heteroatoms. The molecule has 1 saturated carbocycles. The van der Waals surface area contributed by atoms with Crippen LogP contribution in [0, 0.1) is 6.92 Å². The van der Waals surface area contributed by atoms with Crippen molar-refractivity contribution in [3.05, 3.63) is 64.5 Å². The second kappa shape index (κ2) is 7.75. The fourth-order valence-electron chi connectivity index (χ4n) is 3.60. The lowest BCUT2D eigenvalue weighted by atomic mass is 9.91. The first kappa shape index (κ1) is 18.1. The van der Waals surface area contributed by atoms with Gasteiger partial charge in [0.2, 0.25) is 0 Å². The summed E-state index contributed by atoms with van der Waals surface area (Å²) in [6.45, 7) is 1.71. The van der Waals surface area contributed by atoms with Crippen LogP contribution in [-0.2, 0) is 0 Å². The Kier molecular flexibility index (Phi) is 5.01. The Hall–Kier alpha value is -3.29. The molecule has 0 aliphatic heterocycles. The maximum atomic E-state index is 12.4. The molecule has 1 fully saturated rings. The van der Waals surface area contributed by atoms with E-state index in [0.29, 0.717) is 11.3 Å². The molecule has 3 heterocycles. The van der Waals surface area contributed by atoms with Gasteiger partial charge in [-0.2, -0.15) is 5.10 Å². The number of aromatic nitrogens is 4. The second-order valence-electron chi connectivity index (χ2n) is 7.02. The van der Waals surface area contributed by atoms with E-state index < -0.39 is 0 Å². The minimum absolute atomic E-state index is 0.0228. The minimum Gasteiger partial charge on any atom is -0.361 e. The Bertz CT molecular complexity index is 1020. The Balaban J connectivity index is 1.43. The molecule has 28 heavy (non-hydrogen) atoms. The summed E-state index contributed by atoms with van der Waals surface area (Å²) in [6.07, 6.45) is 7.99. The van der Waals surface area contributed by atoms with Gasteiger partial charge in [0, 0.05) is 30.1 Å². The molecule has 1 N–H and O–H groups in total. The molecule has 1 aliphatic carbocycles. The molecule has 4 rings (SSSR count). The van der Waals surface area contributed by atoms with Crippen molar-refractivity contribution in [2.75, 3.05) is 0 Å². The summed E-state index contributed by atoms with van der Waals surface area (Å²) in [5.74, 6) is 0.338. The van der Waals surface area contributed by atoms with Crippen molar-refractivity contribution >= 4 is 5.91 Å². The number of aryl methyl sites for hydroxylation is 1. The largest absolute Gasteiger partial charge is 0.361 e. The van der Waals surface area contributed by atoms with Crippen LogP contribution in [0.1, 0.15) is 47.8 Å². The summed E-state index contributed by atoms with van der Waals surface area (Å²) >= 11 is 0. The van der Waals surface area contributed by atoms with Crippen LogP contribution in [0.15, 0.2) is 52.2 Å². The van der Waals surface area contributed by atoms with Gasteiger partial charge in [-0.05, 0) is 50.8 Å². The molecule has 0 spiro atoms. The summed E-state index contributed by atoms with van der Waals surface area (Å²) in [4.78, 5) is 28.8. The number of pyridine rings is 1. The number of carbonyl (C=O) groups is 1. The molecule has 1 aliphatic rings. The molecule has 0 bridgehead atoms. The summed E-state index contributed by atoms with van der Waals surface area (Å²) < 4.78 is 6.52. The number of hydrogen-bond donors (Lipinski definition) is 1. The second-order valence-corrected chi connectivity index (χ2v) is 7.02. The van der Waals surface area contributed by atoms with Crippen LogP contribution >= 0.6 is 0 Å². The molecule has 0 aromatic carbocycles. The Morgan fingerprint density at radius 2 is 2.00 bits per heavy atom. The molecule has 3 aromatic rings. The van der Waals surface area contributed by atoms with E-state index in [9.17, 15) is 9.59 Å². The first-order chi connectivity index (χ1) is 13.6. The third-order valence-electron chi connectivity index (χ3n) is 5.16. The van der Waals surface area contributed by atoms with Crippen LogP contribution in [0.5, 0.6) is 0 Å². The van der Waals surface area contributed by atoms with E-state index in [4.69, 9.17) is 4.52 Å². The lowest BCUT2D eigenvalue weighted by molar-refractivity contribution is 0.0920. The predicted molar refractivity (Wildman–Crippen MR) is 102 cm³/mol. The highest BCUT2D eigenvalue weighted by atomic mass is 16.5. The van der Waals surface area contributed by atoms with E-state index in [2.05, 4.69) is 20.6 Å². The molecule has 0 atom stereocenters. The van der Waals surface area contributed by atoms with Crippen molar-refractivity contribution in [2.24, 2.45) is 0 Å². The summed E-state index contributed by atoms with van der Waals surface area (Å²) in [5, 5.41) is 11.2. The number of hydrogen-bond acceptors (Lipinski definition) is 6. The Morgan fingerprint density at radius 3 is 2.68 bits per heavy atom. The normalized spacial score (nSPS) is 19.3. The monoisotopic (exact) mass is 379 g/mol. The number of rotatable bonds is 4. The van der Waals surface area contributed by atoms with E-state index in [-0.39, 0.29) is 23.6 Å². The lowest BCUT2D eigenvalue weighted by Crippen LogP contribution is -2.39. The minimum atomic E-state index is -0.170. The average molecular weight is 379 g/mol. The number of nitrogens with zero attached hydrogens (tertiary/aromatic N) is 4. The molecule has 144 valence electrons. The van der Waals surface area contributed by atoms with Gasteiger partial charge in [0.05, 0.1) is 17.9 Å². The van der Waals surface area contributed by atoms with Gasteiger partial charge < -0.3 is 9.84 Å². The van der Waals surface area contributed by atoms with Crippen LogP contribution in [-0.4, -0.2) is 31.9 Å². The van der Waals surface area contributed by atoms with E-state index in [1.807, 2.05) is 12.1 Å². The Morgan fingerprint density at radius 1 is 1.18 bits per heavy atom. The van der Waals surface area contributed by atoms with Gasteiger partial charge in [-0.1, -0.05) is 5.16 Å². The summed E-state index contributed by atoms with van der Waals surface area (Å²) in [6, 6.07) is 7.13. The topological polar surface area (TPSA) is 103 Å². The highest BCUT2D eigenvalue weighted by molar-refractivity contribution is 5.94. The molecule has 0 saturated heterocycles.